The number of carbonyl (C=O) groups excluding carboxylic acids is 1. The van der Waals surface area contributed by atoms with Crippen LogP contribution in [0.25, 0.3) is 0 Å². The van der Waals surface area contributed by atoms with Gasteiger partial charge in [0.15, 0.2) is 0 Å². The molecule has 0 saturated heterocycles. The number of carboxylic acids is 1. The number of carbonyl (C=O) groups is 2. The number of benzene rings is 1. The largest absolute Gasteiger partial charge is 0.478 e. The van der Waals surface area contributed by atoms with Crippen molar-refractivity contribution in [3.8, 4) is 0 Å². The SMILES string of the molecule is CN(CC(F)F)C(=O)Nc1ccc(C(=O)O)c(Cl)c1. The first-order valence-corrected chi connectivity index (χ1v) is 5.52. The Kier molecular flexibility index (Phi) is 5.05. The highest BCUT2D eigenvalue weighted by molar-refractivity contribution is 6.33. The summed E-state index contributed by atoms with van der Waals surface area (Å²) in [5, 5.41) is 11.0. The molecule has 0 aliphatic carbocycles. The molecule has 0 bridgehead atoms. The molecule has 0 aromatic heterocycles. The van der Waals surface area contributed by atoms with Crippen LogP contribution in [0.5, 0.6) is 0 Å². The van der Waals surface area contributed by atoms with Crippen molar-refractivity contribution in [3.05, 3.63) is 28.8 Å². The molecule has 0 saturated carbocycles. The first-order valence-electron chi connectivity index (χ1n) is 5.14. The van der Waals surface area contributed by atoms with Crippen LogP contribution < -0.4 is 5.32 Å². The predicted octanol–water partition coefficient (Wildman–Crippen LogP) is 2.77. The number of aromatic carboxylic acids is 1. The van der Waals surface area contributed by atoms with Crippen LogP contribution in [-0.4, -0.2) is 42.0 Å². The lowest BCUT2D eigenvalue weighted by Gasteiger charge is -2.17. The van der Waals surface area contributed by atoms with E-state index in [9.17, 15) is 18.4 Å². The van der Waals surface area contributed by atoms with Crippen molar-refractivity contribution in [2.45, 2.75) is 6.43 Å². The molecule has 1 aromatic carbocycles. The summed E-state index contributed by atoms with van der Waals surface area (Å²) in [6.45, 7) is -0.702. The van der Waals surface area contributed by atoms with Crippen LogP contribution in [0.2, 0.25) is 5.02 Å². The summed E-state index contributed by atoms with van der Waals surface area (Å²) in [5.74, 6) is -1.20. The second-order valence-electron chi connectivity index (χ2n) is 3.70. The molecule has 8 heteroatoms. The van der Waals surface area contributed by atoms with E-state index in [4.69, 9.17) is 16.7 Å². The van der Waals surface area contributed by atoms with Crippen molar-refractivity contribution in [1.29, 1.82) is 0 Å². The monoisotopic (exact) mass is 292 g/mol. The van der Waals surface area contributed by atoms with Gasteiger partial charge >= 0.3 is 12.0 Å². The van der Waals surface area contributed by atoms with Crippen molar-refractivity contribution >= 4 is 29.3 Å². The van der Waals surface area contributed by atoms with Gasteiger partial charge in [-0.2, -0.15) is 0 Å². The van der Waals surface area contributed by atoms with E-state index in [1.165, 1.54) is 25.2 Å². The molecule has 0 aliphatic rings. The van der Waals surface area contributed by atoms with Crippen LogP contribution in [0, 0.1) is 0 Å². The molecule has 2 amide bonds. The first-order chi connectivity index (χ1) is 8.81. The first kappa shape index (κ1) is 15.2. The Morgan fingerprint density at radius 2 is 2.11 bits per heavy atom. The minimum atomic E-state index is -2.63. The molecule has 0 fully saturated rings. The van der Waals surface area contributed by atoms with E-state index in [0.29, 0.717) is 0 Å². The highest BCUT2D eigenvalue weighted by Gasteiger charge is 2.15. The highest BCUT2D eigenvalue weighted by atomic mass is 35.5. The lowest BCUT2D eigenvalue weighted by atomic mass is 10.2. The second-order valence-corrected chi connectivity index (χ2v) is 4.11. The number of urea groups is 1. The van der Waals surface area contributed by atoms with Crippen molar-refractivity contribution in [2.75, 3.05) is 18.9 Å². The average molecular weight is 293 g/mol. The van der Waals surface area contributed by atoms with Gasteiger partial charge in [0.05, 0.1) is 17.1 Å². The standard InChI is InChI=1S/C11H11ClF2N2O3/c1-16(5-9(13)14)11(19)15-6-2-3-7(10(17)18)8(12)4-6/h2-4,9H,5H2,1H3,(H,15,19)(H,17,18). The molecule has 0 heterocycles. The second kappa shape index (κ2) is 6.33. The fourth-order valence-electron chi connectivity index (χ4n) is 1.28. The van der Waals surface area contributed by atoms with Gasteiger partial charge < -0.3 is 15.3 Å². The minimum Gasteiger partial charge on any atom is -0.478 e. The average Bonchev–Trinajstić information content (AvgIpc) is 2.27. The summed E-state index contributed by atoms with van der Waals surface area (Å²) in [5.41, 5.74) is 0.113. The smallest absolute Gasteiger partial charge is 0.337 e. The molecule has 0 spiro atoms. The van der Waals surface area contributed by atoms with E-state index in [2.05, 4.69) is 5.32 Å². The molecule has 0 unspecified atom stereocenters. The molecule has 1 rings (SSSR count). The van der Waals surface area contributed by atoms with Gasteiger partial charge in [-0.05, 0) is 18.2 Å². The molecule has 5 nitrogen and oxygen atoms in total. The number of hydrogen-bond acceptors (Lipinski definition) is 2. The van der Waals surface area contributed by atoms with Crippen LogP contribution in [0.4, 0.5) is 19.3 Å². The van der Waals surface area contributed by atoms with Crippen molar-refractivity contribution < 1.29 is 23.5 Å². The molecule has 1 aromatic rings. The van der Waals surface area contributed by atoms with Crippen molar-refractivity contribution in [2.24, 2.45) is 0 Å². The van der Waals surface area contributed by atoms with Crippen LogP contribution in [-0.2, 0) is 0 Å². The third-order valence-electron chi connectivity index (χ3n) is 2.21. The Morgan fingerprint density at radius 3 is 2.58 bits per heavy atom. The third kappa shape index (κ3) is 4.36. The van der Waals surface area contributed by atoms with Crippen LogP contribution in [0.15, 0.2) is 18.2 Å². The molecule has 0 atom stereocenters. The van der Waals surface area contributed by atoms with Gasteiger partial charge in [-0.25, -0.2) is 18.4 Å². The van der Waals surface area contributed by atoms with Gasteiger partial charge in [-0.1, -0.05) is 11.6 Å². The molecular formula is C11H11ClF2N2O3. The number of rotatable bonds is 4. The number of carboxylic acid groups (broad SMARTS) is 1. The molecule has 2 N–H and O–H groups in total. The maximum atomic E-state index is 12.1. The Labute approximate surface area is 112 Å². The number of hydrogen-bond donors (Lipinski definition) is 2. The van der Waals surface area contributed by atoms with E-state index in [1.807, 2.05) is 0 Å². The summed E-state index contributed by atoms with van der Waals surface area (Å²) in [4.78, 5) is 23.0. The summed E-state index contributed by atoms with van der Waals surface area (Å²) in [6, 6.07) is 3.04. The van der Waals surface area contributed by atoms with Gasteiger partial charge in [-0.15, -0.1) is 0 Å². The van der Waals surface area contributed by atoms with E-state index in [1.54, 1.807) is 0 Å². The zero-order chi connectivity index (χ0) is 14.6. The van der Waals surface area contributed by atoms with Crippen molar-refractivity contribution in [1.82, 2.24) is 4.90 Å². The van der Waals surface area contributed by atoms with Gasteiger partial charge in [0.25, 0.3) is 6.43 Å². The van der Waals surface area contributed by atoms with Crippen molar-refractivity contribution in [3.63, 3.8) is 0 Å². The lowest BCUT2D eigenvalue weighted by molar-refractivity contribution is 0.0697. The fourth-order valence-corrected chi connectivity index (χ4v) is 1.54. The number of alkyl halides is 2. The van der Waals surface area contributed by atoms with E-state index >= 15 is 0 Å². The molecule has 0 radical (unpaired) electrons. The minimum absolute atomic E-state index is 0.0539. The van der Waals surface area contributed by atoms with E-state index in [0.717, 1.165) is 4.90 Å². The van der Waals surface area contributed by atoms with Crippen LogP contribution in [0.1, 0.15) is 10.4 Å². The summed E-state index contributed by atoms with van der Waals surface area (Å²) < 4.78 is 24.2. The summed E-state index contributed by atoms with van der Waals surface area (Å²) in [6.07, 6.45) is -2.63. The van der Waals surface area contributed by atoms with Gasteiger partial charge in [-0.3, -0.25) is 0 Å². The topological polar surface area (TPSA) is 69.6 Å². The Balaban J connectivity index is 2.75. The normalized spacial score (nSPS) is 10.4. The van der Waals surface area contributed by atoms with E-state index < -0.39 is 25.0 Å². The molecule has 0 aliphatic heterocycles. The van der Waals surface area contributed by atoms with Gasteiger partial charge in [0, 0.05) is 12.7 Å². The van der Waals surface area contributed by atoms with Crippen LogP contribution >= 0.6 is 11.6 Å². The maximum Gasteiger partial charge on any atom is 0.337 e. The Bertz CT molecular complexity index is 497. The summed E-state index contributed by atoms with van der Waals surface area (Å²) >= 11 is 5.71. The third-order valence-corrected chi connectivity index (χ3v) is 2.52. The zero-order valence-corrected chi connectivity index (χ0v) is 10.6. The predicted molar refractivity (Wildman–Crippen MR) is 66.1 cm³/mol. The number of nitrogens with zero attached hydrogens (tertiary/aromatic N) is 1. The number of anilines is 1. The maximum absolute atomic E-state index is 12.1. The number of halogens is 3. The zero-order valence-electron chi connectivity index (χ0n) is 9.86. The van der Waals surface area contributed by atoms with Gasteiger partial charge in [0.2, 0.25) is 0 Å². The Hall–Kier alpha value is -1.89. The molecular weight excluding hydrogens is 282 g/mol. The quantitative estimate of drug-likeness (QED) is 0.896. The molecule has 19 heavy (non-hydrogen) atoms. The molecule has 104 valence electrons. The van der Waals surface area contributed by atoms with Crippen LogP contribution in [0.3, 0.4) is 0 Å². The Morgan fingerprint density at radius 1 is 1.47 bits per heavy atom. The lowest BCUT2D eigenvalue weighted by Crippen LogP contribution is -2.34. The highest BCUT2D eigenvalue weighted by Crippen LogP contribution is 2.21. The fraction of sp³-hybridized carbons (Fsp3) is 0.273. The summed E-state index contributed by atoms with van der Waals surface area (Å²) in [7, 11) is 1.22. The van der Waals surface area contributed by atoms with Gasteiger partial charge in [0.1, 0.15) is 0 Å². The number of amides is 2. The number of nitrogens with one attached hydrogen (secondary N) is 1. The van der Waals surface area contributed by atoms with E-state index in [-0.39, 0.29) is 16.3 Å².